The molecule has 2 unspecified atom stereocenters. The molecule has 0 bridgehead atoms. The molecule has 25 heavy (non-hydrogen) atoms. The van der Waals surface area contributed by atoms with Gasteiger partial charge in [-0.05, 0) is 37.8 Å². The third-order valence-corrected chi connectivity index (χ3v) is 4.89. The van der Waals surface area contributed by atoms with E-state index in [1.54, 1.807) is 0 Å². The van der Waals surface area contributed by atoms with Gasteiger partial charge in [0, 0.05) is 11.4 Å². The van der Waals surface area contributed by atoms with Crippen LogP contribution in [0.15, 0.2) is 34.7 Å². The molecule has 0 radical (unpaired) electrons. The largest absolute Gasteiger partial charge is 1.00 e. The van der Waals surface area contributed by atoms with Crippen LogP contribution >= 0.6 is 0 Å². The number of furan rings is 1. The predicted octanol–water partition coefficient (Wildman–Crippen LogP) is -2.20. The Morgan fingerprint density at radius 2 is 1.88 bits per heavy atom. The average molecular weight is 350 g/mol. The van der Waals surface area contributed by atoms with Crippen molar-refractivity contribution in [2.45, 2.75) is 50.4 Å². The fourth-order valence-electron chi connectivity index (χ4n) is 3.63. The van der Waals surface area contributed by atoms with Crippen LogP contribution in [0.25, 0.3) is 11.0 Å². The quantitative estimate of drug-likeness (QED) is 0.619. The molecule has 1 saturated heterocycles. The summed E-state index contributed by atoms with van der Waals surface area (Å²) in [5, 5.41) is 15.2. The number of carbonyl (C=O) groups excluding carboxylic acids is 2. The van der Waals surface area contributed by atoms with E-state index in [0.29, 0.717) is 25.1 Å². The van der Waals surface area contributed by atoms with Crippen LogP contribution in [0, 0.1) is 0 Å². The summed E-state index contributed by atoms with van der Waals surface area (Å²) in [5.74, 6) is -0.516. The van der Waals surface area contributed by atoms with Gasteiger partial charge in [0.25, 0.3) is 0 Å². The number of likely N-dealkylation sites (tertiary alicyclic amines) is 1. The molecule has 4 rings (SSSR count). The minimum atomic E-state index is -1.07. The van der Waals surface area contributed by atoms with Crippen LogP contribution in [-0.2, 0) is 16.1 Å². The van der Waals surface area contributed by atoms with Gasteiger partial charge >= 0.3 is 29.6 Å². The molecular weight excluding hydrogens is 331 g/mol. The Labute approximate surface area is 167 Å². The van der Waals surface area contributed by atoms with Gasteiger partial charge in [0.2, 0.25) is 5.91 Å². The van der Waals surface area contributed by atoms with Crippen molar-refractivity contribution >= 4 is 22.8 Å². The zero-order valence-corrected chi connectivity index (χ0v) is 16.2. The first-order valence-electron chi connectivity index (χ1n) is 8.37. The Kier molecular flexibility index (Phi) is 5.53. The van der Waals surface area contributed by atoms with E-state index in [-0.39, 0.29) is 47.5 Å². The summed E-state index contributed by atoms with van der Waals surface area (Å²) in [6, 6.07) is 8.78. The number of benzene rings is 1. The first-order chi connectivity index (χ1) is 11.6. The van der Waals surface area contributed by atoms with E-state index in [2.05, 4.69) is 5.32 Å². The molecule has 2 aliphatic rings. The van der Waals surface area contributed by atoms with Gasteiger partial charge < -0.3 is 19.6 Å². The first kappa shape index (κ1) is 18.5. The Morgan fingerprint density at radius 1 is 1.16 bits per heavy atom. The smallest absolute Gasteiger partial charge is 0.548 e. The number of carbonyl (C=O) groups is 2. The SMILES string of the molecule is O=C([O-])C1CCC(C(=O)NCc2cc3ccccc3o2)N1C1CC1.[Na+]. The second-order valence-electron chi connectivity index (χ2n) is 6.57. The van der Waals surface area contributed by atoms with E-state index in [9.17, 15) is 14.7 Å². The van der Waals surface area contributed by atoms with Crippen molar-refractivity contribution in [3.05, 3.63) is 36.1 Å². The molecule has 126 valence electrons. The molecule has 1 amide bonds. The Hall–Kier alpha value is -1.34. The molecule has 1 aromatic carbocycles. The number of fused-ring (bicyclic) bond motifs is 1. The molecule has 1 aromatic heterocycles. The van der Waals surface area contributed by atoms with Crippen molar-refractivity contribution in [2.24, 2.45) is 0 Å². The zero-order valence-electron chi connectivity index (χ0n) is 14.2. The van der Waals surface area contributed by atoms with Gasteiger partial charge in [-0.15, -0.1) is 0 Å². The monoisotopic (exact) mass is 350 g/mol. The Bertz CT molecular complexity index is 753. The van der Waals surface area contributed by atoms with E-state index in [1.165, 1.54) is 0 Å². The van der Waals surface area contributed by atoms with Crippen LogP contribution < -0.4 is 40.0 Å². The van der Waals surface area contributed by atoms with Crippen molar-refractivity contribution in [2.75, 3.05) is 0 Å². The van der Waals surface area contributed by atoms with Crippen LogP contribution in [0.2, 0.25) is 0 Å². The number of aliphatic carboxylic acids is 1. The number of amides is 1. The van der Waals surface area contributed by atoms with Crippen molar-refractivity contribution in [3.63, 3.8) is 0 Å². The summed E-state index contributed by atoms with van der Waals surface area (Å²) in [7, 11) is 0. The van der Waals surface area contributed by atoms with Crippen molar-refractivity contribution in [1.82, 2.24) is 10.2 Å². The maximum Gasteiger partial charge on any atom is 1.00 e. The van der Waals surface area contributed by atoms with Crippen LogP contribution in [0.4, 0.5) is 0 Å². The molecule has 2 atom stereocenters. The molecular formula is C18H19N2NaO4. The van der Waals surface area contributed by atoms with E-state index in [0.717, 1.165) is 23.8 Å². The Morgan fingerprint density at radius 3 is 2.56 bits per heavy atom. The van der Waals surface area contributed by atoms with Crippen molar-refractivity contribution < 1.29 is 48.7 Å². The standard InChI is InChI=1S/C18H20N2O4.Na/c21-17(14-7-8-15(18(22)23)20(14)12-5-6-12)19-10-13-9-11-3-1-2-4-16(11)24-13;/h1-4,9,12,14-15H,5-8,10H2,(H,19,21)(H,22,23);/q;+1/p-1. The first-order valence-corrected chi connectivity index (χ1v) is 8.37. The molecule has 7 heteroatoms. The number of hydrogen-bond donors (Lipinski definition) is 1. The van der Waals surface area contributed by atoms with Gasteiger partial charge in [-0.2, -0.15) is 0 Å². The van der Waals surface area contributed by atoms with Gasteiger partial charge in [-0.1, -0.05) is 18.2 Å². The normalized spacial score (nSPS) is 23.4. The Balaban J connectivity index is 0.00000182. The third kappa shape index (κ3) is 3.77. The van der Waals surface area contributed by atoms with Gasteiger partial charge in [0.15, 0.2) is 0 Å². The summed E-state index contributed by atoms with van der Waals surface area (Å²) < 4.78 is 5.69. The number of para-hydroxylation sites is 1. The average Bonchev–Trinajstić information content (AvgIpc) is 3.17. The van der Waals surface area contributed by atoms with E-state index in [1.807, 2.05) is 35.2 Å². The molecule has 1 aliphatic carbocycles. The van der Waals surface area contributed by atoms with Gasteiger partial charge in [0.05, 0.1) is 24.6 Å². The maximum atomic E-state index is 12.5. The minimum absolute atomic E-state index is 0. The number of hydrogen-bond acceptors (Lipinski definition) is 5. The fourth-order valence-corrected chi connectivity index (χ4v) is 3.63. The second kappa shape index (κ2) is 7.50. The van der Waals surface area contributed by atoms with Crippen LogP contribution in [0.5, 0.6) is 0 Å². The number of nitrogens with one attached hydrogen (secondary N) is 1. The van der Waals surface area contributed by atoms with Crippen molar-refractivity contribution in [3.8, 4) is 0 Å². The maximum absolute atomic E-state index is 12.5. The van der Waals surface area contributed by atoms with Crippen LogP contribution in [0.1, 0.15) is 31.4 Å². The molecule has 0 spiro atoms. The van der Waals surface area contributed by atoms with Gasteiger partial charge in [0.1, 0.15) is 11.3 Å². The summed E-state index contributed by atoms with van der Waals surface area (Å²) in [6.07, 6.45) is 2.94. The molecule has 1 aliphatic heterocycles. The van der Waals surface area contributed by atoms with E-state index >= 15 is 0 Å². The fraction of sp³-hybridized carbons (Fsp3) is 0.444. The molecule has 2 heterocycles. The minimum Gasteiger partial charge on any atom is -0.548 e. The van der Waals surface area contributed by atoms with Gasteiger partial charge in [-0.3, -0.25) is 9.69 Å². The second-order valence-corrected chi connectivity index (χ2v) is 6.57. The molecule has 2 fully saturated rings. The van der Waals surface area contributed by atoms with E-state index < -0.39 is 12.0 Å². The molecule has 2 aromatic rings. The third-order valence-electron chi connectivity index (χ3n) is 4.89. The summed E-state index contributed by atoms with van der Waals surface area (Å²) in [5.41, 5.74) is 0.791. The number of rotatable bonds is 5. The zero-order chi connectivity index (χ0) is 16.7. The van der Waals surface area contributed by atoms with E-state index in [4.69, 9.17) is 4.42 Å². The number of nitrogens with zero attached hydrogens (tertiary/aromatic N) is 1. The van der Waals surface area contributed by atoms with Gasteiger partial charge in [-0.25, -0.2) is 0 Å². The summed E-state index contributed by atoms with van der Waals surface area (Å²) >= 11 is 0. The molecule has 6 nitrogen and oxygen atoms in total. The molecule has 1 saturated carbocycles. The predicted molar refractivity (Wildman–Crippen MR) is 84.7 cm³/mol. The topological polar surface area (TPSA) is 85.6 Å². The number of carboxylic acid groups (broad SMARTS) is 1. The number of carboxylic acids is 1. The van der Waals surface area contributed by atoms with Crippen LogP contribution in [-0.4, -0.2) is 34.9 Å². The van der Waals surface area contributed by atoms with Crippen molar-refractivity contribution in [1.29, 1.82) is 0 Å². The summed E-state index contributed by atoms with van der Waals surface area (Å²) in [6.45, 7) is 0.304. The molecule has 1 N–H and O–H groups in total. The van der Waals surface area contributed by atoms with Crippen LogP contribution in [0.3, 0.4) is 0 Å². The summed E-state index contributed by atoms with van der Waals surface area (Å²) in [4.78, 5) is 25.7.